The zero-order valence-corrected chi connectivity index (χ0v) is 41.0. The second-order valence-electron chi connectivity index (χ2n) is 19.4. The molecule has 0 radical (unpaired) electrons. The third-order valence-electron chi connectivity index (χ3n) is 14.4. The Balaban J connectivity index is 1.24. The summed E-state index contributed by atoms with van der Waals surface area (Å²) in [5.74, 6) is 0. The van der Waals surface area contributed by atoms with E-state index < -0.39 is 11.7 Å². The van der Waals surface area contributed by atoms with Crippen LogP contribution in [-0.2, 0) is 6.18 Å². The summed E-state index contributed by atoms with van der Waals surface area (Å²) in [6.07, 6.45) is -4.86. The predicted octanol–water partition coefficient (Wildman–Crippen LogP) is 18.2. The van der Waals surface area contributed by atoms with Crippen LogP contribution in [0.25, 0.3) is 111 Å². The molecule has 12 aromatic rings. The van der Waals surface area contributed by atoms with Crippen molar-refractivity contribution in [3.63, 3.8) is 0 Å². The molecule has 2 aromatic heterocycles. The first-order chi connectivity index (χ1) is 35.8. The lowest BCUT2D eigenvalue weighted by Gasteiger charge is -2.21. The summed E-state index contributed by atoms with van der Waals surface area (Å²) in [6, 6.07) is 69.9. The molecule has 0 saturated heterocycles. The van der Waals surface area contributed by atoms with E-state index in [1.165, 1.54) is 12.1 Å². The Hall–Kier alpha value is -9.43. The molecule has 0 N–H and O–H groups in total. The summed E-state index contributed by atoms with van der Waals surface area (Å²) >= 11 is 0. The van der Waals surface area contributed by atoms with Crippen molar-refractivity contribution in [2.45, 2.75) is 33.9 Å². The standard InChI is InChI=1S/C67H45F3N4/c1-40-9-5-13-45(27-40)49-18-23-55-56-24-19-50(46-14-6-10-41(2)28-46)33-63(56)73(62(55)32-49)61-37-59(54-22-17-44(38-71)31-60(54)67(68,69)70)66(36-53(61)39-72)74-64-34-51(47-15-7-11-42(3)29-47)20-25-57(64)58-26-21-52(35-65(58)74)48-16-8-12-43(4)30-48/h5-37H,1-4H3. The van der Waals surface area contributed by atoms with Crippen LogP contribution in [0.15, 0.2) is 200 Å². The maximum atomic E-state index is 15.8. The number of hydrogen-bond donors (Lipinski definition) is 0. The molecule has 74 heavy (non-hydrogen) atoms. The zero-order chi connectivity index (χ0) is 51.0. The highest BCUT2D eigenvalue weighted by Crippen LogP contribution is 2.46. The second kappa shape index (κ2) is 17.7. The van der Waals surface area contributed by atoms with Crippen molar-refractivity contribution in [3.8, 4) is 79.1 Å². The largest absolute Gasteiger partial charge is 0.417 e. The van der Waals surface area contributed by atoms with Crippen LogP contribution >= 0.6 is 0 Å². The average Bonchev–Trinajstić information content (AvgIpc) is 3.92. The molecule has 7 heteroatoms. The Morgan fingerprint density at radius 2 is 0.716 bits per heavy atom. The van der Waals surface area contributed by atoms with Crippen molar-refractivity contribution >= 4 is 43.6 Å². The molecular formula is C67H45F3N4. The van der Waals surface area contributed by atoms with Crippen LogP contribution in [0.2, 0.25) is 0 Å². The second-order valence-corrected chi connectivity index (χ2v) is 19.4. The van der Waals surface area contributed by atoms with Crippen LogP contribution in [0.5, 0.6) is 0 Å². The normalized spacial score (nSPS) is 11.7. The molecule has 12 rings (SSSR count). The fourth-order valence-corrected chi connectivity index (χ4v) is 10.9. The van der Waals surface area contributed by atoms with E-state index in [2.05, 4.69) is 153 Å². The van der Waals surface area contributed by atoms with Gasteiger partial charge in [-0.05, 0) is 126 Å². The molecule has 0 bridgehead atoms. The maximum absolute atomic E-state index is 15.8. The molecule has 0 aliphatic carbocycles. The SMILES string of the molecule is Cc1cccc(-c2ccc3c4ccc(-c5cccc(C)c5)cc4n(-c4cc(-c5ccc(C#N)cc5C(F)(F)F)c(-n5c6cc(-c7cccc(C)c7)ccc6c6ccc(-c7cccc(C)c7)cc65)cc4C#N)c3c2)c1. The number of nitrogens with zero attached hydrogens (tertiary/aromatic N) is 4. The lowest BCUT2D eigenvalue weighted by atomic mass is 9.93. The molecule has 0 aliphatic rings. The zero-order valence-electron chi connectivity index (χ0n) is 41.0. The van der Waals surface area contributed by atoms with Crippen molar-refractivity contribution in [1.29, 1.82) is 10.5 Å². The molecule has 0 unspecified atom stereocenters. The van der Waals surface area contributed by atoms with Crippen LogP contribution in [0, 0.1) is 50.4 Å². The van der Waals surface area contributed by atoms with Gasteiger partial charge in [-0.2, -0.15) is 23.7 Å². The molecule has 0 atom stereocenters. The maximum Gasteiger partial charge on any atom is 0.417 e. The van der Waals surface area contributed by atoms with E-state index in [-0.39, 0.29) is 22.3 Å². The minimum atomic E-state index is -4.86. The fourth-order valence-electron chi connectivity index (χ4n) is 10.9. The first-order valence-electron chi connectivity index (χ1n) is 24.5. The quantitative estimate of drug-likeness (QED) is 0.160. The van der Waals surface area contributed by atoms with Gasteiger partial charge in [0.2, 0.25) is 0 Å². The lowest BCUT2D eigenvalue weighted by molar-refractivity contribution is -0.137. The van der Waals surface area contributed by atoms with E-state index in [0.717, 1.165) is 116 Å². The van der Waals surface area contributed by atoms with Gasteiger partial charge in [0, 0.05) is 27.1 Å². The lowest BCUT2D eigenvalue weighted by Crippen LogP contribution is -2.10. The van der Waals surface area contributed by atoms with Crippen LogP contribution in [0.3, 0.4) is 0 Å². The first-order valence-corrected chi connectivity index (χ1v) is 24.5. The number of benzene rings is 10. The Labute approximate surface area is 426 Å². The monoisotopic (exact) mass is 962 g/mol. The summed E-state index contributed by atoms with van der Waals surface area (Å²) < 4.78 is 51.5. The van der Waals surface area contributed by atoms with Crippen LogP contribution in [-0.4, -0.2) is 9.13 Å². The molecule has 10 aromatic carbocycles. The van der Waals surface area contributed by atoms with Gasteiger partial charge in [-0.1, -0.05) is 174 Å². The topological polar surface area (TPSA) is 57.4 Å². The Bertz CT molecular complexity index is 4180. The van der Waals surface area contributed by atoms with Gasteiger partial charge in [0.1, 0.15) is 6.07 Å². The number of aromatic nitrogens is 2. The van der Waals surface area contributed by atoms with Crippen molar-refractivity contribution in [3.05, 3.63) is 239 Å². The van der Waals surface area contributed by atoms with Crippen LogP contribution in [0.4, 0.5) is 13.2 Å². The van der Waals surface area contributed by atoms with Crippen molar-refractivity contribution < 1.29 is 13.2 Å². The Kier molecular flexibility index (Phi) is 10.9. The Morgan fingerprint density at radius 1 is 0.351 bits per heavy atom. The summed E-state index contributed by atoms with van der Waals surface area (Å²) in [5.41, 5.74) is 15.3. The van der Waals surface area contributed by atoms with Gasteiger partial charge in [0.25, 0.3) is 0 Å². The van der Waals surface area contributed by atoms with Gasteiger partial charge < -0.3 is 9.13 Å². The minimum Gasteiger partial charge on any atom is -0.309 e. The van der Waals surface area contributed by atoms with Gasteiger partial charge in [-0.15, -0.1) is 0 Å². The van der Waals surface area contributed by atoms with Gasteiger partial charge in [-0.3, -0.25) is 0 Å². The highest BCUT2D eigenvalue weighted by atomic mass is 19.4. The smallest absolute Gasteiger partial charge is 0.309 e. The van der Waals surface area contributed by atoms with E-state index in [1.54, 1.807) is 12.1 Å². The third-order valence-corrected chi connectivity index (χ3v) is 14.4. The highest BCUT2D eigenvalue weighted by Gasteiger charge is 2.36. The van der Waals surface area contributed by atoms with Crippen molar-refractivity contribution in [2.24, 2.45) is 0 Å². The number of fused-ring (bicyclic) bond motifs is 6. The average molecular weight is 963 g/mol. The van der Waals surface area contributed by atoms with E-state index in [9.17, 15) is 10.5 Å². The van der Waals surface area contributed by atoms with E-state index in [1.807, 2.05) is 65.4 Å². The van der Waals surface area contributed by atoms with Crippen molar-refractivity contribution in [2.75, 3.05) is 0 Å². The molecule has 0 saturated carbocycles. The van der Waals surface area contributed by atoms with Crippen LogP contribution in [0.1, 0.15) is 38.9 Å². The number of aryl methyl sites for hydroxylation is 4. The molecular weight excluding hydrogens is 918 g/mol. The van der Waals surface area contributed by atoms with Gasteiger partial charge in [0.15, 0.2) is 0 Å². The molecule has 2 heterocycles. The Morgan fingerprint density at radius 3 is 1.05 bits per heavy atom. The molecule has 354 valence electrons. The summed E-state index contributed by atoms with van der Waals surface area (Å²) in [7, 11) is 0. The molecule has 0 fully saturated rings. The molecule has 0 aliphatic heterocycles. The first kappa shape index (κ1) is 45.7. The number of nitriles is 2. The van der Waals surface area contributed by atoms with E-state index >= 15 is 13.2 Å². The van der Waals surface area contributed by atoms with Crippen LogP contribution < -0.4 is 0 Å². The fraction of sp³-hybridized carbons (Fsp3) is 0.0746. The minimum absolute atomic E-state index is 0.117. The van der Waals surface area contributed by atoms with Gasteiger partial charge >= 0.3 is 6.18 Å². The predicted molar refractivity (Wildman–Crippen MR) is 296 cm³/mol. The summed E-state index contributed by atoms with van der Waals surface area (Å²) in [6.45, 7) is 8.19. The van der Waals surface area contributed by atoms with Gasteiger partial charge in [0.05, 0.1) is 56.2 Å². The molecule has 0 spiro atoms. The van der Waals surface area contributed by atoms with Crippen molar-refractivity contribution in [1.82, 2.24) is 9.13 Å². The number of halogens is 3. The summed E-state index contributed by atoms with van der Waals surface area (Å²) in [4.78, 5) is 0. The highest BCUT2D eigenvalue weighted by molar-refractivity contribution is 6.13. The van der Waals surface area contributed by atoms with E-state index in [4.69, 9.17) is 0 Å². The van der Waals surface area contributed by atoms with E-state index in [0.29, 0.717) is 11.4 Å². The molecule has 4 nitrogen and oxygen atoms in total. The number of rotatable bonds is 7. The summed E-state index contributed by atoms with van der Waals surface area (Å²) in [5, 5.41) is 25.3. The van der Waals surface area contributed by atoms with Gasteiger partial charge in [-0.25, -0.2) is 0 Å². The number of hydrogen-bond acceptors (Lipinski definition) is 2. The molecule has 0 amide bonds. The third kappa shape index (κ3) is 7.87. The number of alkyl halides is 3.